The van der Waals surface area contributed by atoms with Gasteiger partial charge in [0.2, 0.25) is 5.91 Å². The molecule has 7 rings (SSSR count). The van der Waals surface area contributed by atoms with Gasteiger partial charge in [0.15, 0.2) is 0 Å². The third-order valence-corrected chi connectivity index (χ3v) is 11.3. The van der Waals surface area contributed by atoms with Crippen molar-refractivity contribution < 1.29 is 9.53 Å². The zero-order chi connectivity index (χ0) is 36.7. The molecule has 2 atom stereocenters. The molecule has 4 aromatic rings. The Balaban J connectivity index is 1.10. The second-order valence-corrected chi connectivity index (χ2v) is 14.7. The average Bonchev–Trinajstić information content (AvgIpc) is 3.65. The number of aromatic nitrogens is 2. The first-order valence-corrected chi connectivity index (χ1v) is 19.3. The van der Waals surface area contributed by atoms with Crippen LogP contribution >= 0.6 is 11.6 Å². The van der Waals surface area contributed by atoms with Crippen molar-refractivity contribution in [1.29, 1.82) is 5.26 Å². The molecule has 0 radical (unpaired) electrons. The van der Waals surface area contributed by atoms with E-state index >= 15 is 0 Å². The summed E-state index contributed by atoms with van der Waals surface area (Å²) >= 11 is 6.77. The van der Waals surface area contributed by atoms with E-state index in [0.717, 1.165) is 96.7 Å². The van der Waals surface area contributed by atoms with Crippen LogP contribution in [-0.4, -0.2) is 83.6 Å². The Morgan fingerprint density at radius 2 is 1.85 bits per heavy atom. The highest BCUT2D eigenvalue weighted by Crippen LogP contribution is 2.37. The lowest BCUT2D eigenvalue weighted by atomic mass is 10.0. The fourth-order valence-electron chi connectivity index (χ4n) is 8.26. The van der Waals surface area contributed by atoms with E-state index in [1.807, 2.05) is 18.2 Å². The van der Waals surface area contributed by atoms with Gasteiger partial charge in [0.1, 0.15) is 12.4 Å². The maximum atomic E-state index is 12.7. The second-order valence-electron chi connectivity index (χ2n) is 14.3. The molecule has 274 valence electrons. The highest BCUT2D eigenvalue weighted by molar-refractivity contribution is 6.36. The Hall–Kier alpha value is -4.91. The number of likely N-dealkylation sites (tertiary alicyclic amines) is 1. The number of piperazine rings is 1. The van der Waals surface area contributed by atoms with E-state index in [1.165, 1.54) is 17.2 Å². The van der Waals surface area contributed by atoms with Gasteiger partial charge < -0.3 is 19.4 Å². The van der Waals surface area contributed by atoms with Crippen LogP contribution in [0.2, 0.25) is 5.02 Å². The monoisotopic (exact) mass is 729 g/mol. The number of benzene rings is 3. The van der Waals surface area contributed by atoms with E-state index in [-0.39, 0.29) is 18.4 Å². The molecule has 53 heavy (non-hydrogen) atoms. The molecule has 0 N–H and O–H groups in total. The average molecular weight is 730 g/mol. The predicted molar refractivity (Wildman–Crippen MR) is 213 cm³/mol. The quantitative estimate of drug-likeness (QED) is 0.104. The summed E-state index contributed by atoms with van der Waals surface area (Å²) in [5.41, 5.74) is 5.65. The van der Waals surface area contributed by atoms with Crippen LogP contribution in [0, 0.1) is 11.3 Å². The number of aryl methyl sites for hydroxylation is 1. The zero-order valence-electron chi connectivity index (χ0n) is 30.4. The highest BCUT2D eigenvalue weighted by Gasteiger charge is 2.34. The van der Waals surface area contributed by atoms with Crippen molar-refractivity contribution in [3.8, 4) is 12.1 Å². The van der Waals surface area contributed by atoms with Crippen LogP contribution in [0.15, 0.2) is 79.9 Å². The van der Waals surface area contributed by atoms with Gasteiger partial charge in [0.05, 0.1) is 35.8 Å². The summed E-state index contributed by atoms with van der Waals surface area (Å²) in [4.78, 5) is 31.8. The number of unbranched alkanes of at least 4 members (excludes halogenated alkanes) is 1. The van der Waals surface area contributed by atoms with Crippen LogP contribution in [0.25, 0.3) is 16.8 Å². The van der Waals surface area contributed by atoms with Crippen molar-refractivity contribution in [1.82, 2.24) is 19.8 Å². The lowest BCUT2D eigenvalue weighted by molar-refractivity contribution is -0.128. The van der Waals surface area contributed by atoms with Gasteiger partial charge in [0.25, 0.3) is 0 Å². The van der Waals surface area contributed by atoms with Gasteiger partial charge in [-0.05, 0) is 86.3 Å². The summed E-state index contributed by atoms with van der Waals surface area (Å²) in [5.74, 6) is 0.698. The van der Waals surface area contributed by atoms with E-state index in [4.69, 9.17) is 26.3 Å². The maximum absolute atomic E-state index is 12.7. The third-order valence-electron chi connectivity index (χ3n) is 11.0. The van der Waals surface area contributed by atoms with Gasteiger partial charge in [0, 0.05) is 48.9 Å². The molecule has 1 aromatic heterocycles. The summed E-state index contributed by atoms with van der Waals surface area (Å²) < 4.78 is 6.53. The Labute approximate surface area is 318 Å². The fraction of sp³-hybridized carbons (Fsp3) is 0.395. The van der Waals surface area contributed by atoms with Crippen LogP contribution in [-0.2, 0) is 24.2 Å². The number of nitrogens with zero attached hydrogens (tertiary/aromatic N) is 7. The van der Waals surface area contributed by atoms with Crippen molar-refractivity contribution in [3.05, 3.63) is 107 Å². The van der Waals surface area contributed by atoms with Gasteiger partial charge in [-0.2, -0.15) is 15.2 Å². The Morgan fingerprint density at radius 1 is 1.00 bits per heavy atom. The normalized spacial score (nSPS) is 18.8. The van der Waals surface area contributed by atoms with Crippen molar-refractivity contribution in [2.24, 2.45) is 0 Å². The van der Waals surface area contributed by atoms with Gasteiger partial charge in [-0.25, -0.2) is 0 Å². The Morgan fingerprint density at radius 3 is 2.68 bits per heavy atom. The topological polar surface area (TPSA) is 88.8 Å². The molecule has 3 aromatic carbocycles. The summed E-state index contributed by atoms with van der Waals surface area (Å²) in [6.07, 6.45) is 9.80. The Bertz CT molecular complexity index is 2010. The summed E-state index contributed by atoms with van der Waals surface area (Å²) in [7, 11) is 0. The van der Waals surface area contributed by atoms with E-state index < -0.39 is 0 Å². The third kappa shape index (κ3) is 8.19. The van der Waals surface area contributed by atoms with Crippen LogP contribution in [0.1, 0.15) is 54.5 Å². The number of ether oxygens (including phenoxy) is 1. The molecule has 0 unspecified atom stereocenters. The number of rotatable bonds is 13. The van der Waals surface area contributed by atoms with Crippen molar-refractivity contribution in [3.63, 3.8) is 0 Å². The molecule has 9 nitrogen and oxygen atoms in total. The van der Waals surface area contributed by atoms with E-state index in [2.05, 4.69) is 82.5 Å². The minimum Gasteiger partial charge on any atom is -0.462 e. The second kappa shape index (κ2) is 16.8. The number of halogens is 1. The predicted octanol–water partition coefficient (Wildman–Crippen LogP) is 7.47. The van der Waals surface area contributed by atoms with Crippen LogP contribution in [0.3, 0.4) is 0 Å². The molecule has 0 aliphatic carbocycles. The largest absolute Gasteiger partial charge is 0.462 e. The molecule has 1 amide bonds. The molecule has 3 aliphatic rings. The molecular weight excluding hydrogens is 682 g/mol. The number of hydrogen-bond acceptors (Lipinski definition) is 8. The molecule has 10 heteroatoms. The first-order valence-electron chi connectivity index (χ1n) is 18.9. The van der Waals surface area contributed by atoms with E-state index in [1.54, 1.807) is 4.90 Å². The summed E-state index contributed by atoms with van der Waals surface area (Å²) in [5, 5.41) is 12.5. The first kappa shape index (κ1) is 36.4. The maximum Gasteiger partial charge on any atom is 0.318 e. The number of fused-ring (bicyclic) bond motifs is 2. The molecule has 3 aliphatic heterocycles. The van der Waals surface area contributed by atoms with Crippen molar-refractivity contribution in [2.75, 3.05) is 55.7 Å². The SMILES string of the molecule is C=CC(=O)N1CCN(c2nc(OC[C@@H]3CCCN3CCCCc3cccc(C=C)c3)nc3c2CCN(c2cccc4cccc(Cl)c24)C3)C[C@@H]1CC#N. The van der Waals surface area contributed by atoms with Crippen LogP contribution in [0.5, 0.6) is 6.01 Å². The van der Waals surface area contributed by atoms with Crippen molar-refractivity contribution >= 4 is 45.9 Å². The summed E-state index contributed by atoms with van der Waals surface area (Å²) in [6, 6.07) is 23.7. The van der Waals surface area contributed by atoms with Gasteiger partial charge >= 0.3 is 6.01 Å². The lowest BCUT2D eigenvalue weighted by Gasteiger charge is -2.42. The Kier molecular flexibility index (Phi) is 11.6. The molecular formula is C43H48ClN7O2. The molecule has 4 heterocycles. The fourth-order valence-corrected chi connectivity index (χ4v) is 8.54. The number of carbonyl (C=O) groups is 1. The van der Waals surface area contributed by atoms with Crippen LogP contribution in [0.4, 0.5) is 11.5 Å². The number of nitriles is 1. The highest BCUT2D eigenvalue weighted by atomic mass is 35.5. The minimum absolute atomic E-state index is 0.147. The van der Waals surface area contributed by atoms with Gasteiger partial charge in [-0.3, -0.25) is 9.69 Å². The molecule has 0 saturated carbocycles. The number of hydrogen-bond donors (Lipinski definition) is 0. The molecule has 0 bridgehead atoms. The standard InChI is InChI=1S/C43H48ClN7O2/c1-3-31-12-7-13-32(27-31)11-5-6-22-48-23-10-16-35(48)30-53-43-46-38-29-49(39-18-9-15-33-14-8-17-37(44)41(33)39)24-20-36(38)42(47-43)50-25-26-51(40(52)4-2)34(28-50)19-21-45/h3-4,7-9,12-15,17-18,27,34-35H,1-2,5-6,10-11,16,19-20,22-26,28-30H2/t34-,35-/m0/s1. The number of carbonyl (C=O) groups excluding carboxylic acids is 1. The smallest absolute Gasteiger partial charge is 0.318 e. The van der Waals surface area contributed by atoms with E-state index in [0.29, 0.717) is 44.8 Å². The van der Waals surface area contributed by atoms with Crippen LogP contribution < -0.4 is 14.5 Å². The lowest BCUT2D eigenvalue weighted by Crippen LogP contribution is -2.55. The minimum atomic E-state index is -0.259. The summed E-state index contributed by atoms with van der Waals surface area (Å²) in [6.45, 7) is 13.2. The number of amides is 1. The van der Waals surface area contributed by atoms with Crippen molar-refractivity contribution in [2.45, 2.75) is 63.6 Å². The zero-order valence-corrected chi connectivity index (χ0v) is 31.2. The molecule has 2 saturated heterocycles. The first-order chi connectivity index (χ1) is 25.9. The number of anilines is 2. The van der Waals surface area contributed by atoms with Gasteiger partial charge in [-0.1, -0.05) is 79.4 Å². The molecule has 2 fully saturated rings. The molecule has 0 spiro atoms. The van der Waals surface area contributed by atoms with E-state index in [9.17, 15) is 10.1 Å². The van der Waals surface area contributed by atoms with Gasteiger partial charge in [-0.15, -0.1) is 0 Å².